The van der Waals surface area contributed by atoms with E-state index >= 15 is 0 Å². The van der Waals surface area contributed by atoms with Crippen molar-refractivity contribution >= 4 is 54.5 Å². The smallest absolute Gasteiger partial charge is 0.356 e. The fourth-order valence-corrected chi connectivity index (χ4v) is 2.72. The molecule has 1 heterocycles. The molecular formula is C9H6Br2N4O2. The summed E-state index contributed by atoms with van der Waals surface area (Å²) in [6.45, 7) is 0. The van der Waals surface area contributed by atoms with E-state index in [4.69, 9.17) is 5.73 Å². The van der Waals surface area contributed by atoms with Gasteiger partial charge < -0.3 is 15.8 Å². The van der Waals surface area contributed by atoms with Gasteiger partial charge >= 0.3 is 6.03 Å². The van der Waals surface area contributed by atoms with Crippen molar-refractivity contribution < 1.29 is 9.90 Å². The first-order valence-corrected chi connectivity index (χ1v) is 5.98. The van der Waals surface area contributed by atoms with Crippen LogP contribution in [0.4, 0.5) is 10.5 Å². The number of halogens is 2. The van der Waals surface area contributed by atoms with Gasteiger partial charge in [0.2, 0.25) is 5.88 Å². The lowest BCUT2D eigenvalue weighted by atomic mass is 10.2. The molecule has 0 aliphatic rings. The number of H-pyrrole nitrogens is 1. The molecule has 0 atom stereocenters. The Labute approximate surface area is 112 Å². The number of nitrogens with two attached hydrogens (primary N) is 1. The summed E-state index contributed by atoms with van der Waals surface area (Å²) >= 11 is 6.66. The minimum atomic E-state index is -0.923. The molecule has 8 heteroatoms. The van der Waals surface area contributed by atoms with E-state index in [1.54, 1.807) is 6.07 Å². The summed E-state index contributed by atoms with van der Waals surface area (Å²) in [6, 6.07) is 2.63. The van der Waals surface area contributed by atoms with E-state index in [1.807, 2.05) is 6.07 Å². The Hall–Kier alpha value is -1.41. The van der Waals surface area contributed by atoms with Crippen LogP contribution in [0.5, 0.6) is 5.88 Å². The second kappa shape index (κ2) is 4.46. The van der Waals surface area contributed by atoms with Gasteiger partial charge in [-0.2, -0.15) is 0 Å². The highest BCUT2D eigenvalue weighted by molar-refractivity contribution is 9.11. The third-order valence-corrected chi connectivity index (χ3v) is 3.11. The van der Waals surface area contributed by atoms with Crippen molar-refractivity contribution in [3.05, 3.63) is 21.1 Å². The lowest BCUT2D eigenvalue weighted by Gasteiger charge is -1.96. The average Bonchev–Trinajstić information content (AvgIpc) is 2.52. The number of primary amides is 1. The molecule has 0 unspecified atom stereocenters. The fourth-order valence-electron chi connectivity index (χ4n) is 1.39. The van der Waals surface area contributed by atoms with Crippen LogP contribution in [0.15, 0.2) is 31.3 Å². The molecule has 1 aromatic carbocycles. The number of amides is 2. The molecule has 0 fully saturated rings. The predicted octanol–water partition coefficient (Wildman–Crippen LogP) is 3.56. The summed E-state index contributed by atoms with van der Waals surface area (Å²) in [5.41, 5.74) is 5.68. The lowest BCUT2D eigenvalue weighted by molar-refractivity contribution is 0.255. The summed E-state index contributed by atoms with van der Waals surface area (Å²) in [4.78, 5) is 13.3. The summed E-state index contributed by atoms with van der Waals surface area (Å²) in [5, 5.41) is 17.1. The van der Waals surface area contributed by atoms with Crippen molar-refractivity contribution in [2.45, 2.75) is 0 Å². The molecule has 17 heavy (non-hydrogen) atoms. The molecule has 2 rings (SSSR count). The van der Waals surface area contributed by atoms with Crippen LogP contribution in [0, 0.1) is 0 Å². The minimum absolute atomic E-state index is 0.167. The third-order valence-electron chi connectivity index (χ3n) is 2.03. The van der Waals surface area contributed by atoms with Crippen LogP contribution in [-0.2, 0) is 0 Å². The number of hydrogen-bond acceptors (Lipinski definition) is 3. The van der Waals surface area contributed by atoms with E-state index in [9.17, 15) is 9.90 Å². The molecule has 0 bridgehead atoms. The first kappa shape index (κ1) is 12.1. The fraction of sp³-hybridized carbons (Fsp3) is 0. The number of hydrogen-bond donors (Lipinski definition) is 3. The Morgan fingerprint density at radius 3 is 2.76 bits per heavy atom. The molecule has 0 saturated carbocycles. The number of rotatable bonds is 1. The lowest BCUT2D eigenvalue weighted by Crippen LogP contribution is -2.01. The van der Waals surface area contributed by atoms with Crippen molar-refractivity contribution in [2.24, 2.45) is 16.0 Å². The first-order chi connectivity index (χ1) is 7.99. The quantitative estimate of drug-likeness (QED) is 0.676. The van der Waals surface area contributed by atoms with E-state index in [0.717, 1.165) is 8.95 Å². The molecular weight excluding hydrogens is 356 g/mol. The minimum Gasteiger partial charge on any atom is -0.493 e. The molecule has 0 radical (unpaired) electrons. The van der Waals surface area contributed by atoms with Gasteiger partial charge in [-0.05, 0) is 28.1 Å². The third kappa shape index (κ3) is 2.32. The highest BCUT2D eigenvalue weighted by Crippen LogP contribution is 2.40. The van der Waals surface area contributed by atoms with Gasteiger partial charge in [0.25, 0.3) is 0 Å². The Kier molecular flexibility index (Phi) is 3.16. The Balaban J connectivity index is 2.70. The molecule has 0 saturated heterocycles. The monoisotopic (exact) mass is 360 g/mol. The maximum absolute atomic E-state index is 10.5. The molecule has 2 aromatic rings. The van der Waals surface area contributed by atoms with E-state index in [0.29, 0.717) is 10.9 Å². The molecule has 88 valence electrons. The van der Waals surface area contributed by atoms with E-state index < -0.39 is 6.03 Å². The SMILES string of the molecule is NC(=O)N=Nc1c(O)[nH]c2c(Br)cc(Br)cc12. The van der Waals surface area contributed by atoms with Crippen molar-refractivity contribution in [3.8, 4) is 5.88 Å². The Morgan fingerprint density at radius 1 is 1.41 bits per heavy atom. The van der Waals surface area contributed by atoms with Crippen LogP contribution in [0.1, 0.15) is 0 Å². The number of nitrogens with one attached hydrogen (secondary N) is 1. The van der Waals surface area contributed by atoms with Gasteiger partial charge in [-0.1, -0.05) is 21.0 Å². The number of fused-ring (bicyclic) bond motifs is 1. The highest BCUT2D eigenvalue weighted by Gasteiger charge is 2.13. The zero-order valence-corrected chi connectivity index (χ0v) is 11.4. The number of azo groups is 1. The number of carbonyl (C=O) groups is 1. The molecule has 4 N–H and O–H groups in total. The van der Waals surface area contributed by atoms with Gasteiger partial charge in [0.1, 0.15) is 0 Å². The zero-order valence-electron chi connectivity index (χ0n) is 8.24. The second-order valence-electron chi connectivity index (χ2n) is 3.17. The summed E-state index contributed by atoms with van der Waals surface area (Å²) in [5.74, 6) is -0.177. The number of nitrogens with zero attached hydrogens (tertiary/aromatic N) is 2. The van der Waals surface area contributed by atoms with Gasteiger partial charge in [0, 0.05) is 14.3 Å². The molecule has 6 nitrogen and oxygen atoms in total. The molecule has 0 aliphatic carbocycles. The standard InChI is InChI=1S/C9H6Br2N4O2/c10-3-1-4-6(5(11)2-3)13-8(16)7(4)14-15-9(12)17/h1-2,13,16H,(H2,12,17). The van der Waals surface area contributed by atoms with Crippen molar-refractivity contribution in [1.82, 2.24) is 4.98 Å². The molecule has 2 amide bonds. The number of aromatic nitrogens is 1. The summed E-state index contributed by atoms with van der Waals surface area (Å²) in [6.07, 6.45) is 0. The van der Waals surface area contributed by atoms with Crippen LogP contribution >= 0.6 is 31.9 Å². The number of aromatic hydroxyl groups is 1. The molecule has 0 aliphatic heterocycles. The predicted molar refractivity (Wildman–Crippen MR) is 69.5 cm³/mol. The second-order valence-corrected chi connectivity index (χ2v) is 4.94. The van der Waals surface area contributed by atoms with Gasteiger partial charge in [-0.3, -0.25) is 0 Å². The first-order valence-electron chi connectivity index (χ1n) is 4.40. The van der Waals surface area contributed by atoms with Crippen molar-refractivity contribution in [3.63, 3.8) is 0 Å². The van der Waals surface area contributed by atoms with Gasteiger partial charge in [0.15, 0.2) is 5.69 Å². The van der Waals surface area contributed by atoms with E-state index in [2.05, 4.69) is 47.1 Å². The highest BCUT2D eigenvalue weighted by atomic mass is 79.9. The largest absolute Gasteiger partial charge is 0.493 e. The number of carbonyl (C=O) groups excluding carboxylic acids is 1. The Morgan fingerprint density at radius 2 is 2.12 bits per heavy atom. The van der Waals surface area contributed by atoms with Crippen LogP contribution in [0.3, 0.4) is 0 Å². The maximum Gasteiger partial charge on any atom is 0.356 e. The van der Waals surface area contributed by atoms with Crippen LogP contribution in [-0.4, -0.2) is 16.1 Å². The van der Waals surface area contributed by atoms with Crippen molar-refractivity contribution in [2.75, 3.05) is 0 Å². The average molecular weight is 362 g/mol. The summed E-state index contributed by atoms with van der Waals surface area (Å²) < 4.78 is 1.55. The topological polar surface area (TPSA) is 104 Å². The molecule has 0 spiro atoms. The van der Waals surface area contributed by atoms with Crippen LogP contribution in [0.25, 0.3) is 10.9 Å². The van der Waals surface area contributed by atoms with Gasteiger partial charge in [-0.25, -0.2) is 4.79 Å². The van der Waals surface area contributed by atoms with E-state index in [1.165, 1.54) is 0 Å². The number of aromatic amines is 1. The maximum atomic E-state index is 10.5. The number of benzene rings is 1. The van der Waals surface area contributed by atoms with Crippen LogP contribution < -0.4 is 5.73 Å². The Bertz CT molecular complexity index is 635. The normalized spacial score (nSPS) is 11.4. The van der Waals surface area contributed by atoms with E-state index in [-0.39, 0.29) is 11.6 Å². The zero-order chi connectivity index (χ0) is 12.6. The van der Waals surface area contributed by atoms with Gasteiger partial charge in [-0.15, -0.1) is 5.11 Å². The number of urea groups is 1. The van der Waals surface area contributed by atoms with Crippen molar-refractivity contribution in [1.29, 1.82) is 0 Å². The summed E-state index contributed by atoms with van der Waals surface area (Å²) in [7, 11) is 0. The van der Waals surface area contributed by atoms with Crippen LogP contribution in [0.2, 0.25) is 0 Å². The van der Waals surface area contributed by atoms with Gasteiger partial charge in [0.05, 0.1) is 5.52 Å². The molecule has 1 aromatic heterocycles.